The molecule has 0 aliphatic rings. The van der Waals surface area contributed by atoms with Crippen LogP contribution < -0.4 is 0 Å². The van der Waals surface area contributed by atoms with Crippen molar-refractivity contribution in [3.8, 4) is 0 Å². The number of rotatable bonds is 49. The Morgan fingerprint density at radius 2 is 0.592 bits per heavy atom. The Labute approximate surface area is 436 Å². The van der Waals surface area contributed by atoms with Gasteiger partial charge in [0.05, 0.1) is 6.42 Å². The first-order valence-electron chi connectivity index (χ1n) is 28.3. The summed E-state index contributed by atoms with van der Waals surface area (Å²) in [6.07, 6.45) is 83.2. The first-order chi connectivity index (χ1) is 35.0. The van der Waals surface area contributed by atoms with Gasteiger partial charge in [-0.1, -0.05) is 250 Å². The molecule has 6 heteroatoms. The number of unbranched alkanes of at least 4 members (excludes halogenated alkanes) is 15. The van der Waals surface area contributed by atoms with E-state index in [1.165, 1.54) is 64.2 Å². The molecule has 0 aromatic rings. The fraction of sp³-hybridized carbons (Fsp3) is 0.585. The van der Waals surface area contributed by atoms with Gasteiger partial charge in [0.25, 0.3) is 0 Å². The van der Waals surface area contributed by atoms with Gasteiger partial charge in [-0.05, 0) is 103 Å². The van der Waals surface area contributed by atoms with Gasteiger partial charge >= 0.3 is 17.9 Å². The maximum absolute atomic E-state index is 12.7. The third-order valence-electron chi connectivity index (χ3n) is 11.4. The van der Waals surface area contributed by atoms with Gasteiger partial charge in [-0.25, -0.2) is 0 Å². The lowest BCUT2D eigenvalue weighted by Gasteiger charge is -2.18. The van der Waals surface area contributed by atoms with Crippen LogP contribution in [-0.2, 0) is 28.6 Å². The molecule has 0 aliphatic carbocycles. The van der Waals surface area contributed by atoms with E-state index in [1.807, 2.05) is 6.08 Å². The van der Waals surface area contributed by atoms with Crippen LogP contribution in [0.2, 0.25) is 0 Å². The predicted molar refractivity (Wildman–Crippen MR) is 306 cm³/mol. The van der Waals surface area contributed by atoms with E-state index in [2.05, 4.69) is 154 Å². The highest BCUT2D eigenvalue weighted by atomic mass is 16.6. The summed E-state index contributed by atoms with van der Waals surface area (Å²) in [5.74, 6) is -1.07. The highest BCUT2D eigenvalue weighted by Gasteiger charge is 2.19. The summed E-state index contributed by atoms with van der Waals surface area (Å²) in [5, 5.41) is 0. The van der Waals surface area contributed by atoms with Crippen LogP contribution in [0.1, 0.15) is 226 Å². The SMILES string of the molecule is CC/C=C\C/C=C\C/C=C\C/C=C\C/C=C\C/C=C\C/C=C\CCCCCCCCCCCC(=O)OCC(COC(=O)CCCCCCCCC)OC(=O)C/C=C\C/C=C\C/C=C\C/C=C\C/C=C\CC. The maximum atomic E-state index is 12.7. The lowest BCUT2D eigenvalue weighted by Crippen LogP contribution is -2.30. The van der Waals surface area contributed by atoms with Crippen molar-refractivity contribution in [3.63, 3.8) is 0 Å². The van der Waals surface area contributed by atoms with E-state index in [9.17, 15) is 14.4 Å². The number of hydrogen-bond donors (Lipinski definition) is 0. The van der Waals surface area contributed by atoms with Crippen LogP contribution in [-0.4, -0.2) is 37.2 Å². The molecule has 1 unspecified atom stereocenters. The van der Waals surface area contributed by atoms with Crippen molar-refractivity contribution in [3.05, 3.63) is 146 Å². The molecule has 0 rings (SSSR count). The van der Waals surface area contributed by atoms with Crippen LogP contribution in [0, 0.1) is 0 Å². The molecule has 0 heterocycles. The summed E-state index contributed by atoms with van der Waals surface area (Å²) >= 11 is 0. The van der Waals surface area contributed by atoms with E-state index in [4.69, 9.17) is 14.2 Å². The molecular weight excluding hydrogens is 877 g/mol. The van der Waals surface area contributed by atoms with Crippen molar-refractivity contribution in [2.24, 2.45) is 0 Å². The van der Waals surface area contributed by atoms with Crippen molar-refractivity contribution in [1.82, 2.24) is 0 Å². The summed E-state index contributed by atoms with van der Waals surface area (Å²) in [6, 6.07) is 0. The maximum Gasteiger partial charge on any atom is 0.310 e. The van der Waals surface area contributed by atoms with Crippen LogP contribution in [0.15, 0.2) is 146 Å². The number of carbonyl (C=O) groups excluding carboxylic acids is 3. The number of allylic oxidation sites excluding steroid dienone is 23. The topological polar surface area (TPSA) is 78.9 Å². The molecule has 0 aromatic carbocycles. The molecule has 1 atom stereocenters. The minimum Gasteiger partial charge on any atom is -0.462 e. The van der Waals surface area contributed by atoms with Crippen LogP contribution in [0.4, 0.5) is 0 Å². The smallest absolute Gasteiger partial charge is 0.310 e. The van der Waals surface area contributed by atoms with E-state index in [-0.39, 0.29) is 31.6 Å². The van der Waals surface area contributed by atoms with Crippen molar-refractivity contribution >= 4 is 17.9 Å². The second-order valence-corrected chi connectivity index (χ2v) is 18.1. The Bertz CT molecular complexity index is 1590. The normalized spacial score (nSPS) is 13.2. The minimum absolute atomic E-state index is 0.0909. The second-order valence-electron chi connectivity index (χ2n) is 18.1. The lowest BCUT2D eigenvalue weighted by atomic mass is 10.1. The number of hydrogen-bond acceptors (Lipinski definition) is 6. The molecule has 71 heavy (non-hydrogen) atoms. The molecular formula is C65H102O6. The lowest BCUT2D eigenvalue weighted by molar-refractivity contribution is -0.166. The van der Waals surface area contributed by atoms with Crippen molar-refractivity contribution < 1.29 is 28.6 Å². The van der Waals surface area contributed by atoms with Crippen LogP contribution in [0.5, 0.6) is 0 Å². The zero-order chi connectivity index (χ0) is 51.4. The largest absolute Gasteiger partial charge is 0.462 e. The average molecular weight is 980 g/mol. The minimum atomic E-state index is -0.837. The summed E-state index contributed by atoms with van der Waals surface area (Å²) in [5.41, 5.74) is 0. The molecule has 6 nitrogen and oxygen atoms in total. The Morgan fingerprint density at radius 1 is 0.310 bits per heavy atom. The summed E-state index contributed by atoms with van der Waals surface area (Å²) < 4.78 is 16.6. The molecule has 0 spiro atoms. The van der Waals surface area contributed by atoms with E-state index >= 15 is 0 Å². The molecule has 0 fully saturated rings. The zero-order valence-corrected chi connectivity index (χ0v) is 45.4. The predicted octanol–water partition coefficient (Wildman–Crippen LogP) is 19.2. The van der Waals surface area contributed by atoms with E-state index in [0.29, 0.717) is 19.3 Å². The molecule has 0 saturated heterocycles. The van der Waals surface area contributed by atoms with Crippen molar-refractivity contribution in [2.45, 2.75) is 232 Å². The van der Waals surface area contributed by atoms with Gasteiger partial charge in [0.1, 0.15) is 13.2 Å². The number of ether oxygens (including phenoxy) is 3. The second kappa shape index (κ2) is 57.9. The van der Waals surface area contributed by atoms with Gasteiger partial charge < -0.3 is 14.2 Å². The van der Waals surface area contributed by atoms with Gasteiger partial charge in [0.15, 0.2) is 6.10 Å². The summed E-state index contributed by atoms with van der Waals surface area (Å²) in [4.78, 5) is 37.8. The average Bonchev–Trinajstić information content (AvgIpc) is 3.37. The molecule has 0 saturated carbocycles. The molecule has 398 valence electrons. The molecule has 0 aliphatic heterocycles. The van der Waals surface area contributed by atoms with Gasteiger partial charge in [0, 0.05) is 12.8 Å². The third-order valence-corrected chi connectivity index (χ3v) is 11.4. The first-order valence-corrected chi connectivity index (χ1v) is 28.3. The van der Waals surface area contributed by atoms with Crippen LogP contribution in [0.3, 0.4) is 0 Å². The molecule has 0 amide bonds. The standard InChI is InChI=1S/C65H102O6/c1-4-7-10-13-16-18-20-22-24-25-26-27-28-29-30-31-32-33-34-35-36-37-38-39-41-42-44-46-49-52-55-58-64(67)70-61-62(60-69-63(66)57-54-51-48-15-12-9-6-3)71-65(68)59-56-53-50-47-45-43-40-23-21-19-17-14-11-8-5-2/h7-8,10-11,16-19,22-24,26-27,29-30,32-33,35-36,40,45,47,53,56,62H,4-6,9,12-15,20-21,25,28,31,34,37-39,41-44,46,48-52,54-55,57-61H2,1-3H3/b10-7-,11-8-,18-16-,19-17-,24-22-,27-26-,30-29-,33-32-,36-35-,40-23-,47-45-,56-53-. The first kappa shape index (κ1) is 66.3. The number of carbonyl (C=O) groups is 3. The van der Waals surface area contributed by atoms with E-state index < -0.39 is 12.1 Å². The number of esters is 3. The monoisotopic (exact) mass is 979 g/mol. The Balaban J connectivity index is 4.23. The third kappa shape index (κ3) is 56.1. The van der Waals surface area contributed by atoms with Crippen molar-refractivity contribution in [2.75, 3.05) is 13.2 Å². The Kier molecular flexibility index (Phi) is 54.0. The molecule has 0 radical (unpaired) electrons. The highest BCUT2D eigenvalue weighted by molar-refractivity contribution is 5.72. The van der Waals surface area contributed by atoms with Gasteiger partial charge in [0.2, 0.25) is 0 Å². The fourth-order valence-electron chi connectivity index (χ4n) is 7.20. The van der Waals surface area contributed by atoms with Gasteiger partial charge in [-0.2, -0.15) is 0 Å². The fourth-order valence-corrected chi connectivity index (χ4v) is 7.20. The van der Waals surface area contributed by atoms with Gasteiger partial charge in [-0.15, -0.1) is 0 Å². The summed E-state index contributed by atoms with van der Waals surface area (Å²) in [6.45, 7) is 6.26. The van der Waals surface area contributed by atoms with E-state index in [0.717, 1.165) is 116 Å². The quantitative estimate of drug-likeness (QED) is 0.0262. The molecule has 0 bridgehead atoms. The Hall–Kier alpha value is -4.71. The highest BCUT2D eigenvalue weighted by Crippen LogP contribution is 2.13. The molecule has 0 aromatic heterocycles. The van der Waals surface area contributed by atoms with Crippen molar-refractivity contribution in [1.29, 1.82) is 0 Å². The summed E-state index contributed by atoms with van der Waals surface area (Å²) in [7, 11) is 0. The van der Waals surface area contributed by atoms with Crippen LogP contribution in [0.25, 0.3) is 0 Å². The molecule has 0 N–H and O–H groups in total. The van der Waals surface area contributed by atoms with E-state index in [1.54, 1.807) is 6.08 Å². The van der Waals surface area contributed by atoms with Gasteiger partial charge in [-0.3, -0.25) is 14.4 Å². The zero-order valence-electron chi connectivity index (χ0n) is 45.4. The van der Waals surface area contributed by atoms with Crippen LogP contribution >= 0.6 is 0 Å². The Morgan fingerprint density at radius 3 is 0.930 bits per heavy atom.